The van der Waals surface area contributed by atoms with Crippen molar-refractivity contribution in [2.45, 2.75) is 19.9 Å². The van der Waals surface area contributed by atoms with E-state index in [-0.39, 0.29) is 11.8 Å². The summed E-state index contributed by atoms with van der Waals surface area (Å²) in [6.45, 7) is 3.10. The van der Waals surface area contributed by atoms with E-state index >= 15 is 0 Å². The van der Waals surface area contributed by atoms with E-state index in [0.29, 0.717) is 19.6 Å². The molecule has 0 spiro atoms. The van der Waals surface area contributed by atoms with E-state index in [9.17, 15) is 4.79 Å². The van der Waals surface area contributed by atoms with Gasteiger partial charge >= 0.3 is 0 Å². The fraction of sp³-hybridized carbons (Fsp3) is 0.462. The van der Waals surface area contributed by atoms with E-state index in [2.05, 4.69) is 5.32 Å². The summed E-state index contributed by atoms with van der Waals surface area (Å²) in [7, 11) is 1.64. The largest absolute Gasteiger partial charge is 0.384 e. The molecule has 0 heterocycles. The molecule has 1 unspecified atom stereocenters. The summed E-state index contributed by atoms with van der Waals surface area (Å²) in [5, 5.41) is 2.85. The van der Waals surface area contributed by atoms with Crippen LogP contribution >= 0.6 is 0 Å². The van der Waals surface area contributed by atoms with E-state index in [1.807, 2.05) is 31.2 Å². The Labute approximate surface area is 102 Å². The van der Waals surface area contributed by atoms with E-state index in [1.54, 1.807) is 7.11 Å². The number of carbonyl (C=O) groups is 1. The second kappa shape index (κ2) is 7.04. The first kappa shape index (κ1) is 13.7. The number of nitrogens with two attached hydrogens (primary N) is 1. The van der Waals surface area contributed by atoms with Crippen molar-refractivity contribution in [3.05, 3.63) is 29.8 Å². The normalized spacial score (nSPS) is 12.2. The van der Waals surface area contributed by atoms with Gasteiger partial charge in [0, 0.05) is 32.4 Å². The topological polar surface area (TPSA) is 64.3 Å². The Morgan fingerprint density at radius 3 is 2.59 bits per heavy atom. The lowest BCUT2D eigenvalue weighted by molar-refractivity contribution is -0.117. The minimum absolute atomic E-state index is 0.00930. The standard InChI is InChI=1S/C13H20N2O2/c1-10(9-17-2)7-13(16)15-12-5-3-11(8-14)4-6-12/h3-6,10H,7-9,14H2,1-2H3,(H,15,16). The van der Waals surface area contributed by atoms with Crippen LogP contribution in [0.15, 0.2) is 24.3 Å². The van der Waals surface area contributed by atoms with Gasteiger partial charge in [-0.3, -0.25) is 4.79 Å². The van der Waals surface area contributed by atoms with Crippen molar-refractivity contribution in [2.75, 3.05) is 19.0 Å². The third-order valence-corrected chi connectivity index (χ3v) is 2.46. The number of amides is 1. The summed E-state index contributed by atoms with van der Waals surface area (Å²) >= 11 is 0. The highest BCUT2D eigenvalue weighted by molar-refractivity contribution is 5.90. The van der Waals surface area contributed by atoms with Crippen LogP contribution in [0.25, 0.3) is 0 Å². The smallest absolute Gasteiger partial charge is 0.224 e. The highest BCUT2D eigenvalue weighted by atomic mass is 16.5. The summed E-state index contributed by atoms with van der Waals surface area (Å²) in [5.74, 6) is 0.235. The predicted molar refractivity (Wildman–Crippen MR) is 68.6 cm³/mol. The zero-order valence-electron chi connectivity index (χ0n) is 10.4. The maximum Gasteiger partial charge on any atom is 0.224 e. The van der Waals surface area contributed by atoms with Crippen molar-refractivity contribution in [1.29, 1.82) is 0 Å². The van der Waals surface area contributed by atoms with Crippen LogP contribution in [0.5, 0.6) is 0 Å². The monoisotopic (exact) mass is 236 g/mol. The zero-order valence-corrected chi connectivity index (χ0v) is 10.4. The number of ether oxygens (including phenoxy) is 1. The van der Waals surface area contributed by atoms with Gasteiger partial charge in [-0.25, -0.2) is 0 Å². The van der Waals surface area contributed by atoms with Gasteiger partial charge in [-0.1, -0.05) is 19.1 Å². The number of methoxy groups -OCH3 is 1. The van der Waals surface area contributed by atoms with Gasteiger partial charge in [-0.05, 0) is 23.6 Å². The molecule has 17 heavy (non-hydrogen) atoms. The average molecular weight is 236 g/mol. The van der Waals surface area contributed by atoms with Crippen molar-refractivity contribution in [3.63, 3.8) is 0 Å². The molecule has 0 radical (unpaired) electrons. The SMILES string of the molecule is COCC(C)CC(=O)Nc1ccc(CN)cc1. The number of anilines is 1. The number of carbonyl (C=O) groups excluding carboxylic acids is 1. The fourth-order valence-electron chi connectivity index (χ4n) is 1.60. The van der Waals surface area contributed by atoms with Gasteiger partial charge in [0.15, 0.2) is 0 Å². The van der Waals surface area contributed by atoms with Crippen molar-refractivity contribution in [1.82, 2.24) is 0 Å². The van der Waals surface area contributed by atoms with Crippen molar-refractivity contribution < 1.29 is 9.53 Å². The Bertz CT molecular complexity index is 349. The zero-order chi connectivity index (χ0) is 12.7. The second-order valence-electron chi connectivity index (χ2n) is 4.21. The molecule has 4 heteroatoms. The Balaban J connectivity index is 2.44. The Morgan fingerprint density at radius 2 is 2.06 bits per heavy atom. The van der Waals surface area contributed by atoms with Crippen molar-refractivity contribution in [3.8, 4) is 0 Å². The third kappa shape index (κ3) is 4.97. The number of rotatable bonds is 6. The third-order valence-electron chi connectivity index (χ3n) is 2.46. The lowest BCUT2D eigenvalue weighted by atomic mass is 10.1. The van der Waals surface area contributed by atoms with Crippen LogP contribution in [0.3, 0.4) is 0 Å². The molecule has 3 N–H and O–H groups in total. The summed E-state index contributed by atoms with van der Waals surface area (Å²) < 4.78 is 4.99. The van der Waals surface area contributed by atoms with Crippen LogP contribution in [-0.2, 0) is 16.1 Å². The maximum atomic E-state index is 11.7. The molecular weight excluding hydrogens is 216 g/mol. The van der Waals surface area contributed by atoms with Crippen LogP contribution < -0.4 is 11.1 Å². The van der Waals surface area contributed by atoms with E-state index in [4.69, 9.17) is 10.5 Å². The Morgan fingerprint density at radius 1 is 1.41 bits per heavy atom. The van der Waals surface area contributed by atoms with Gasteiger partial charge in [0.2, 0.25) is 5.91 Å². The van der Waals surface area contributed by atoms with Crippen LogP contribution in [0.1, 0.15) is 18.9 Å². The maximum absolute atomic E-state index is 11.7. The highest BCUT2D eigenvalue weighted by Crippen LogP contribution is 2.11. The molecule has 0 aromatic heterocycles. The van der Waals surface area contributed by atoms with Crippen LogP contribution in [-0.4, -0.2) is 19.6 Å². The minimum Gasteiger partial charge on any atom is -0.384 e. The molecule has 1 rings (SSSR count). The molecule has 1 aromatic carbocycles. The van der Waals surface area contributed by atoms with E-state index < -0.39 is 0 Å². The number of nitrogens with one attached hydrogen (secondary N) is 1. The summed E-state index contributed by atoms with van der Waals surface area (Å²) in [6, 6.07) is 7.55. The number of hydrogen-bond acceptors (Lipinski definition) is 3. The van der Waals surface area contributed by atoms with Gasteiger partial charge in [0.05, 0.1) is 0 Å². The van der Waals surface area contributed by atoms with Gasteiger partial charge in [0.25, 0.3) is 0 Å². The van der Waals surface area contributed by atoms with Gasteiger partial charge in [-0.15, -0.1) is 0 Å². The van der Waals surface area contributed by atoms with Crippen LogP contribution in [0, 0.1) is 5.92 Å². The number of benzene rings is 1. The lowest BCUT2D eigenvalue weighted by Gasteiger charge is -2.10. The molecule has 1 amide bonds. The van der Waals surface area contributed by atoms with E-state index in [0.717, 1.165) is 11.3 Å². The van der Waals surface area contributed by atoms with Crippen molar-refractivity contribution >= 4 is 11.6 Å². The molecule has 1 atom stereocenters. The first-order valence-corrected chi connectivity index (χ1v) is 5.73. The summed E-state index contributed by atoms with van der Waals surface area (Å²) in [4.78, 5) is 11.7. The van der Waals surface area contributed by atoms with Crippen LogP contribution in [0.4, 0.5) is 5.69 Å². The molecule has 0 bridgehead atoms. The Kier molecular flexibility index (Phi) is 5.66. The molecular formula is C13H20N2O2. The van der Waals surface area contributed by atoms with Gasteiger partial charge in [-0.2, -0.15) is 0 Å². The number of hydrogen-bond donors (Lipinski definition) is 2. The molecule has 0 aliphatic heterocycles. The molecule has 0 aliphatic carbocycles. The fourth-order valence-corrected chi connectivity index (χ4v) is 1.60. The predicted octanol–water partition coefficient (Wildman–Crippen LogP) is 1.76. The quantitative estimate of drug-likeness (QED) is 0.791. The Hall–Kier alpha value is -1.39. The molecule has 0 fully saturated rings. The minimum atomic E-state index is 0.00930. The average Bonchev–Trinajstić information content (AvgIpc) is 2.30. The first-order valence-electron chi connectivity index (χ1n) is 5.73. The molecule has 0 saturated carbocycles. The lowest BCUT2D eigenvalue weighted by Crippen LogP contribution is -2.17. The summed E-state index contributed by atoms with van der Waals surface area (Å²) in [5.41, 5.74) is 7.35. The first-order chi connectivity index (χ1) is 8.15. The summed E-state index contributed by atoms with van der Waals surface area (Å²) in [6.07, 6.45) is 0.465. The van der Waals surface area contributed by atoms with Gasteiger partial charge in [0.1, 0.15) is 0 Å². The molecule has 94 valence electrons. The second-order valence-corrected chi connectivity index (χ2v) is 4.21. The van der Waals surface area contributed by atoms with E-state index in [1.165, 1.54) is 0 Å². The molecule has 1 aromatic rings. The highest BCUT2D eigenvalue weighted by Gasteiger charge is 2.08. The molecule has 4 nitrogen and oxygen atoms in total. The van der Waals surface area contributed by atoms with Gasteiger partial charge < -0.3 is 15.8 Å². The van der Waals surface area contributed by atoms with Crippen molar-refractivity contribution in [2.24, 2.45) is 11.7 Å². The van der Waals surface area contributed by atoms with Crippen LogP contribution in [0.2, 0.25) is 0 Å². The molecule has 0 aliphatic rings. The molecule has 0 saturated heterocycles.